The van der Waals surface area contributed by atoms with Crippen LogP contribution in [0.25, 0.3) is 0 Å². The van der Waals surface area contributed by atoms with Crippen molar-refractivity contribution in [2.24, 2.45) is 4.99 Å². The van der Waals surface area contributed by atoms with E-state index < -0.39 is 0 Å². The van der Waals surface area contributed by atoms with Crippen molar-refractivity contribution in [3.63, 3.8) is 0 Å². The molecular formula is C23H25ClN2O3. The van der Waals surface area contributed by atoms with E-state index in [1.54, 1.807) is 31.4 Å². The summed E-state index contributed by atoms with van der Waals surface area (Å²) in [5.41, 5.74) is 3.73. The summed E-state index contributed by atoms with van der Waals surface area (Å²) in [5.74, 6) is 0.767. The number of nitrogens with one attached hydrogen (secondary N) is 1. The van der Waals surface area contributed by atoms with Gasteiger partial charge in [0.15, 0.2) is 5.78 Å². The molecule has 1 aliphatic rings. The number of hydrogen-bond donors (Lipinski definition) is 1. The van der Waals surface area contributed by atoms with Crippen LogP contribution in [0.3, 0.4) is 0 Å². The standard InChI is InChI=1S/C23H25ClN2O3/c1-23(2)14-16-7-8-18(29-3)12-19(16)20(26-23)13-21(27)15-5-4-6-17(11-15)25-22(28)9-10-24/h4-8,11-12H,9-10,13-14H2,1-3H3,(H,25,28). The maximum atomic E-state index is 13.0. The number of ether oxygens (including phenoxy) is 1. The highest BCUT2D eigenvalue weighted by atomic mass is 35.5. The minimum absolute atomic E-state index is 0.0522. The number of ketones is 1. The molecule has 29 heavy (non-hydrogen) atoms. The van der Waals surface area contributed by atoms with Crippen LogP contribution >= 0.6 is 11.6 Å². The van der Waals surface area contributed by atoms with Gasteiger partial charge in [-0.3, -0.25) is 14.6 Å². The zero-order valence-electron chi connectivity index (χ0n) is 16.9. The van der Waals surface area contributed by atoms with Crippen molar-refractivity contribution in [3.05, 3.63) is 59.2 Å². The molecule has 1 N–H and O–H groups in total. The normalized spacial score (nSPS) is 14.6. The molecule has 0 spiro atoms. The number of rotatable bonds is 7. The number of alkyl halides is 1. The number of hydrogen-bond acceptors (Lipinski definition) is 4. The molecule has 0 saturated carbocycles. The minimum Gasteiger partial charge on any atom is -0.497 e. The molecule has 152 valence electrons. The first-order chi connectivity index (χ1) is 13.8. The van der Waals surface area contributed by atoms with Gasteiger partial charge in [0, 0.05) is 29.1 Å². The summed E-state index contributed by atoms with van der Waals surface area (Å²) in [6, 6.07) is 12.9. The van der Waals surface area contributed by atoms with Gasteiger partial charge in [0.05, 0.1) is 24.8 Å². The largest absolute Gasteiger partial charge is 0.497 e. The third-order valence-corrected chi connectivity index (χ3v) is 5.00. The second-order valence-corrected chi connectivity index (χ2v) is 8.12. The van der Waals surface area contributed by atoms with Crippen molar-refractivity contribution >= 4 is 34.7 Å². The van der Waals surface area contributed by atoms with Gasteiger partial charge in [-0.2, -0.15) is 0 Å². The van der Waals surface area contributed by atoms with Gasteiger partial charge in [-0.25, -0.2) is 0 Å². The van der Waals surface area contributed by atoms with Gasteiger partial charge in [0.1, 0.15) is 5.75 Å². The van der Waals surface area contributed by atoms with Crippen LogP contribution in [0.2, 0.25) is 0 Å². The van der Waals surface area contributed by atoms with Crippen molar-refractivity contribution in [2.75, 3.05) is 18.3 Å². The molecule has 0 saturated heterocycles. The van der Waals surface area contributed by atoms with E-state index >= 15 is 0 Å². The molecule has 0 aliphatic carbocycles. The third kappa shape index (κ3) is 5.24. The van der Waals surface area contributed by atoms with Crippen LogP contribution in [-0.4, -0.2) is 35.9 Å². The Hall–Kier alpha value is -2.66. The Morgan fingerprint density at radius 3 is 2.72 bits per heavy atom. The highest BCUT2D eigenvalue weighted by molar-refractivity contribution is 6.19. The maximum absolute atomic E-state index is 13.0. The molecule has 5 nitrogen and oxygen atoms in total. The van der Waals surface area contributed by atoms with E-state index in [9.17, 15) is 9.59 Å². The van der Waals surface area contributed by atoms with E-state index in [0.29, 0.717) is 11.3 Å². The first-order valence-corrected chi connectivity index (χ1v) is 10.1. The monoisotopic (exact) mass is 412 g/mol. The summed E-state index contributed by atoms with van der Waals surface area (Å²) < 4.78 is 5.35. The van der Waals surface area contributed by atoms with Gasteiger partial charge < -0.3 is 10.1 Å². The Labute approximate surface area is 176 Å². The van der Waals surface area contributed by atoms with Gasteiger partial charge in [-0.15, -0.1) is 11.6 Å². The van der Waals surface area contributed by atoms with E-state index in [-0.39, 0.29) is 36.0 Å². The van der Waals surface area contributed by atoms with Crippen LogP contribution in [0.1, 0.15) is 48.2 Å². The zero-order valence-corrected chi connectivity index (χ0v) is 17.7. The lowest BCUT2D eigenvalue weighted by molar-refractivity contribution is -0.115. The first kappa shape index (κ1) is 21.1. The predicted octanol–water partition coefficient (Wildman–Crippen LogP) is 4.66. The lowest BCUT2D eigenvalue weighted by atomic mass is 9.85. The highest BCUT2D eigenvalue weighted by Gasteiger charge is 2.28. The summed E-state index contributed by atoms with van der Waals surface area (Å²) in [6.45, 7) is 4.13. The smallest absolute Gasteiger partial charge is 0.225 e. The number of carbonyl (C=O) groups is 2. The van der Waals surface area contributed by atoms with Crippen molar-refractivity contribution in [3.8, 4) is 5.75 Å². The van der Waals surface area contributed by atoms with E-state index in [2.05, 4.69) is 19.2 Å². The van der Waals surface area contributed by atoms with Crippen LogP contribution in [0.4, 0.5) is 5.69 Å². The third-order valence-electron chi connectivity index (χ3n) is 4.81. The lowest BCUT2D eigenvalue weighted by Gasteiger charge is -2.29. The molecule has 0 atom stereocenters. The summed E-state index contributed by atoms with van der Waals surface area (Å²) in [4.78, 5) is 29.6. The van der Waals surface area contributed by atoms with Crippen LogP contribution in [0.15, 0.2) is 47.5 Å². The Morgan fingerprint density at radius 1 is 1.21 bits per heavy atom. The maximum Gasteiger partial charge on any atom is 0.225 e. The van der Waals surface area contributed by atoms with Crippen molar-refractivity contribution < 1.29 is 14.3 Å². The zero-order chi connectivity index (χ0) is 21.0. The van der Waals surface area contributed by atoms with Crippen LogP contribution in [0.5, 0.6) is 5.75 Å². The number of fused-ring (bicyclic) bond motifs is 1. The molecule has 0 fully saturated rings. The van der Waals surface area contributed by atoms with Crippen molar-refractivity contribution in [1.29, 1.82) is 0 Å². The minimum atomic E-state index is -0.269. The molecule has 0 bridgehead atoms. The SMILES string of the molecule is COc1ccc2c(c1)C(CC(=O)c1cccc(NC(=O)CCCl)c1)=NC(C)(C)C2. The number of amides is 1. The van der Waals surface area contributed by atoms with E-state index in [1.165, 1.54) is 0 Å². The molecule has 2 aromatic carbocycles. The predicted molar refractivity (Wildman–Crippen MR) is 117 cm³/mol. The molecule has 6 heteroatoms. The van der Waals surface area contributed by atoms with Gasteiger partial charge >= 0.3 is 0 Å². The topological polar surface area (TPSA) is 67.8 Å². The first-order valence-electron chi connectivity index (χ1n) is 9.56. The second kappa shape index (κ2) is 8.78. The Balaban J connectivity index is 1.85. The molecule has 1 aliphatic heterocycles. The second-order valence-electron chi connectivity index (χ2n) is 7.74. The average Bonchev–Trinajstić information content (AvgIpc) is 2.67. The number of methoxy groups -OCH3 is 1. The van der Waals surface area contributed by atoms with Gasteiger partial charge in [0.25, 0.3) is 0 Å². The number of carbonyl (C=O) groups excluding carboxylic acids is 2. The van der Waals surface area contributed by atoms with Crippen molar-refractivity contribution in [2.45, 2.75) is 38.6 Å². The van der Waals surface area contributed by atoms with Crippen LogP contribution in [-0.2, 0) is 11.2 Å². The fourth-order valence-corrected chi connectivity index (χ4v) is 3.68. The van der Waals surface area contributed by atoms with Crippen LogP contribution in [0, 0.1) is 0 Å². The van der Waals surface area contributed by atoms with Gasteiger partial charge in [0.2, 0.25) is 5.91 Å². The molecule has 2 aromatic rings. The fourth-order valence-electron chi connectivity index (χ4n) is 3.51. The summed E-state index contributed by atoms with van der Waals surface area (Å²) in [5, 5.41) is 2.76. The van der Waals surface area contributed by atoms with Crippen molar-refractivity contribution in [1.82, 2.24) is 0 Å². The lowest BCUT2D eigenvalue weighted by Crippen LogP contribution is -2.30. The number of nitrogens with zero attached hydrogens (tertiary/aromatic N) is 1. The van der Waals surface area contributed by atoms with Crippen LogP contribution < -0.4 is 10.1 Å². The number of halogens is 1. The molecular weight excluding hydrogens is 388 g/mol. The Kier molecular flexibility index (Phi) is 6.38. The molecule has 0 radical (unpaired) electrons. The van der Waals surface area contributed by atoms with Gasteiger partial charge in [-0.1, -0.05) is 18.2 Å². The number of anilines is 1. The average molecular weight is 413 g/mol. The highest BCUT2D eigenvalue weighted by Crippen LogP contribution is 2.31. The quantitative estimate of drug-likeness (QED) is 0.531. The molecule has 3 rings (SSSR count). The van der Waals surface area contributed by atoms with E-state index in [1.807, 2.05) is 18.2 Å². The Morgan fingerprint density at radius 2 is 2.00 bits per heavy atom. The fraction of sp³-hybridized carbons (Fsp3) is 0.348. The summed E-state index contributed by atoms with van der Waals surface area (Å²) in [6.07, 6.45) is 1.22. The molecule has 0 aromatic heterocycles. The van der Waals surface area contributed by atoms with E-state index in [4.69, 9.17) is 21.3 Å². The number of Topliss-reactive ketones (excluding diaryl/α,β-unsaturated/α-hetero) is 1. The van der Waals surface area contributed by atoms with Gasteiger partial charge in [-0.05, 0) is 50.1 Å². The Bertz CT molecular complexity index is 966. The molecule has 1 heterocycles. The molecule has 0 unspecified atom stereocenters. The molecule has 1 amide bonds. The summed E-state index contributed by atoms with van der Waals surface area (Å²) in [7, 11) is 1.63. The number of aliphatic imine (C=N–C) groups is 1. The van der Waals surface area contributed by atoms with E-state index in [0.717, 1.165) is 29.0 Å². The number of benzene rings is 2. The summed E-state index contributed by atoms with van der Waals surface area (Å²) >= 11 is 5.60.